The molecule has 0 aliphatic rings. The number of aromatic nitrogens is 3. The molecule has 6 heteroatoms. The Balaban J connectivity index is 1.94. The van der Waals surface area contributed by atoms with Crippen molar-refractivity contribution in [3.63, 3.8) is 0 Å². The number of esters is 1. The summed E-state index contributed by atoms with van der Waals surface area (Å²) in [4.78, 5) is 17.0. The minimum absolute atomic E-state index is 0.197. The Morgan fingerprint density at radius 2 is 1.78 bits per heavy atom. The third kappa shape index (κ3) is 3.17. The third-order valence-electron chi connectivity index (χ3n) is 4.13. The molecule has 0 amide bonds. The molecule has 2 heterocycles. The molecule has 134 valence electrons. The number of fused-ring (bicyclic) bond motifs is 1. The summed E-state index contributed by atoms with van der Waals surface area (Å²) in [6, 6.07) is 19.1. The quantitative estimate of drug-likeness (QED) is 0.506. The van der Waals surface area contributed by atoms with Crippen LogP contribution in [0.25, 0.3) is 28.2 Å². The zero-order valence-electron chi connectivity index (χ0n) is 14.6. The lowest BCUT2D eigenvalue weighted by molar-refractivity contribution is 0.0516. The largest absolute Gasteiger partial charge is 0.461 e. The van der Waals surface area contributed by atoms with Crippen molar-refractivity contribution in [3.8, 4) is 22.5 Å². The molecule has 0 bridgehead atoms. The van der Waals surface area contributed by atoms with Crippen LogP contribution in [0.4, 0.5) is 4.39 Å². The normalized spacial score (nSPS) is 10.9. The number of ether oxygens (including phenoxy) is 1. The molecule has 4 rings (SSSR count). The van der Waals surface area contributed by atoms with Gasteiger partial charge in [-0.1, -0.05) is 42.5 Å². The number of hydrogen-bond donors (Lipinski definition) is 0. The van der Waals surface area contributed by atoms with Gasteiger partial charge in [0.25, 0.3) is 0 Å². The van der Waals surface area contributed by atoms with Crippen LogP contribution in [0.3, 0.4) is 0 Å². The van der Waals surface area contributed by atoms with Gasteiger partial charge in [0.05, 0.1) is 18.0 Å². The van der Waals surface area contributed by atoms with E-state index in [1.807, 2.05) is 30.3 Å². The zero-order chi connectivity index (χ0) is 18.8. The second-order valence-electron chi connectivity index (χ2n) is 5.89. The van der Waals surface area contributed by atoms with Crippen LogP contribution < -0.4 is 0 Å². The molecule has 0 spiro atoms. The minimum Gasteiger partial charge on any atom is -0.461 e. The van der Waals surface area contributed by atoms with E-state index in [1.54, 1.807) is 31.2 Å². The summed E-state index contributed by atoms with van der Waals surface area (Å²) < 4.78 is 20.8. The highest BCUT2D eigenvalue weighted by atomic mass is 19.1. The molecule has 0 saturated heterocycles. The molecule has 0 unspecified atom stereocenters. The minimum atomic E-state index is -0.537. The van der Waals surface area contributed by atoms with Crippen molar-refractivity contribution in [2.24, 2.45) is 0 Å². The Morgan fingerprint density at radius 1 is 1.04 bits per heavy atom. The highest BCUT2D eigenvalue weighted by Crippen LogP contribution is 2.25. The number of rotatable bonds is 4. The van der Waals surface area contributed by atoms with Gasteiger partial charge in [-0.3, -0.25) is 0 Å². The predicted molar refractivity (Wildman–Crippen MR) is 99.8 cm³/mol. The number of halogens is 1. The van der Waals surface area contributed by atoms with Crippen LogP contribution in [0.2, 0.25) is 0 Å². The first-order valence-electron chi connectivity index (χ1n) is 8.55. The van der Waals surface area contributed by atoms with E-state index in [4.69, 9.17) is 4.74 Å². The van der Waals surface area contributed by atoms with Crippen molar-refractivity contribution in [2.45, 2.75) is 6.92 Å². The second-order valence-corrected chi connectivity index (χ2v) is 5.89. The molecule has 0 atom stereocenters. The first kappa shape index (κ1) is 16.9. The molecular formula is C21H16FN3O2. The molecule has 0 aliphatic heterocycles. The van der Waals surface area contributed by atoms with Crippen molar-refractivity contribution in [3.05, 3.63) is 78.2 Å². The van der Waals surface area contributed by atoms with E-state index >= 15 is 0 Å². The fraction of sp³-hybridized carbons (Fsp3) is 0.0952. The summed E-state index contributed by atoms with van der Waals surface area (Å²) in [5.41, 5.74) is 2.86. The molecule has 2 aromatic carbocycles. The summed E-state index contributed by atoms with van der Waals surface area (Å²) in [6.45, 7) is 1.96. The van der Waals surface area contributed by atoms with Gasteiger partial charge < -0.3 is 4.74 Å². The molecule has 0 fully saturated rings. The smallest absolute Gasteiger partial charge is 0.357 e. The molecule has 0 radical (unpaired) electrons. The summed E-state index contributed by atoms with van der Waals surface area (Å²) in [5.74, 6) is -0.947. The van der Waals surface area contributed by atoms with Crippen molar-refractivity contribution in [2.75, 3.05) is 6.61 Å². The van der Waals surface area contributed by atoms with Crippen LogP contribution >= 0.6 is 0 Å². The monoisotopic (exact) mass is 361 g/mol. The highest BCUT2D eigenvalue weighted by Gasteiger charge is 2.19. The summed E-state index contributed by atoms with van der Waals surface area (Å²) in [7, 11) is 0. The van der Waals surface area contributed by atoms with E-state index in [0.717, 1.165) is 5.56 Å². The molecule has 2 aromatic heterocycles. The molecule has 0 saturated carbocycles. The van der Waals surface area contributed by atoms with Crippen molar-refractivity contribution < 1.29 is 13.9 Å². The van der Waals surface area contributed by atoms with E-state index in [1.165, 1.54) is 16.6 Å². The van der Waals surface area contributed by atoms with E-state index in [9.17, 15) is 9.18 Å². The van der Waals surface area contributed by atoms with E-state index < -0.39 is 11.8 Å². The van der Waals surface area contributed by atoms with Crippen LogP contribution in [0.1, 0.15) is 17.4 Å². The van der Waals surface area contributed by atoms with Crippen molar-refractivity contribution >= 4 is 11.6 Å². The Hall–Kier alpha value is -3.54. The van der Waals surface area contributed by atoms with Crippen molar-refractivity contribution in [1.29, 1.82) is 0 Å². The summed E-state index contributed by atoms with van der Waals surface area (Å²) in [6.07, 6.45) is 0. The summed E-state index contributed by atoms with van der Waals surface area (Å²) in [5, 5.41) is 4.50. The Bertz CT molecular complexity index is 1120. The predicted octanol–water partition coefficient (Wildman–Crippen LogP) is 4.38. The highest BCUT2D eigenvalue weighted by molar-refractivity contribution is 5.90. The van der Waals surface area contributed by atoms with Crippen LogP contribution in [-0.2, 0) is 4.74 Å². The van der Waals surface area contributed by atoms with Crippen LogP contribution in [0, 0.1) is 5.82 Å². The lowest BCUT2D eigenvalue weighted by Crippen LogP contribution is -2.12. The first-order valence-corrected chi connectivity index (χ1v) is 8.55. The topological polar surface area (TPSA) is 56.5 Å². The number of carbonyl (C=O) groups excluding carboxylic acids is 1. The maximum atomic E-state index is 14.2. The summed E-state index contributed by atoms with van der Waals surface area (Å²) >= 11 is 0. The fourth-order valence-corrected chi connectivity index (χ4v) is 2.88. The zero-order valence-corrected chi connectivity index (χ0v) is 14.6. The molecule has 27 heavy (non-hydrogen) atoms. The van der Waals surface area contributed by atoms with E-state index in [2.05, 4.69) is 10.1 Å². The standard InChI is InChI=1S/C21H16FN3O2/c1-2-27-21(26)19-12-18(15-10-6-7-11-16(15)22)23-20-13-17(24-25(19)20)14-8-4-3-5-9-14/h3-13H,2H2,1H3. The number of benzene rings is 2. The lowest BCUT2D eigenvalue weighted by atomic mass is 10.1. The molecule has 5 nitrogen and oxygen atoms in total. The Kier molecular flexibility index (Phi) is 4.38. The van der Waals surface area contributed by atoms with Gasteiger partial charge in [-0.05, 0) is 25.1 Å². The van der Waals surface area contributed by atoms with Gasteiger partial charge in [-0.15, -0.1) is 0 Å². The maximum absolute atomic E-state index is 14.2. The van der Waals surface area contributed by atoms with Crippen LogP contribution in [0.15, 0.2) is 66.7 Å². The van der Waals surface area contributed by atoms with Gasteiger partial charge in [0, 0.05) is 17.2 Å². The van der Waals surface area contributed by atoms with Gasteiger partial charge in [0.15, 0.2) is 11.3 Å². The number of carbonyl (C=O) groups is 1. The molecule has 0 aliphatic carbocycles. The van der Waals surface area contributed by atoms with E-state index in [0.29, 0.717) is 22.6 Å². The molecule has 4 aromatic rings. The third-order valence-corrected chi connectivity index (χ3v) is 4.13. The average molecular weight is 361 g/mol. The van der Waals surface area contributed by atoms with Gasteiger partial charge >= 0.3 is 5.97 Å². The SMILES string of the molecule is CCOC(=O)c1cc(-c2ccccc2F)nc2cc(-c3ccccc3)nn12. The fourth-order valence-electron chi connectivity index (χ4n) is 2.88. The Labute approximate surface area is 155 Å². The Morgan fingerprint density at radius 3 is 2.52 bits per heavy atom. The first-order chi connectivity index (χ1) is 13.2. The van der Waals surface area contributed by atoms with Crippen LogP contribution in [0.5, 0.6) is 0 Å². The molecular weight excluding hydrogens is 345 g/mol. The van der Waals surface area contributed by atoms with Crippen molar-refractivity contribution in [1.82, 2.24) is 14.6 Å². The number of nitrogens with zero attached hydrogens (tertiary/aromatic N) is 3. The second kappa shape index (κ2) is 6.99. The average Bonchev–Trinajstić information content (AvgIpc) is 3.12. The molecule has 0 N–H and O–H groups in total. The van der Waals surface area contributed by atoms with Gasteiger partial charge in [0.2, 0.25) is 0 Å². The maximum Gasteiger partial charge on any atom is 0.357 e. The van der Waals surface area contributed by atoms with Crippen LogP contribution in [-0.4, -0.2) is 27.2 Å². The van der Waals surface area contributed by atoms with Gasteiger partial charge in [0.1, 0.15) is 5.82 Å². The number of hydrogen-bond acceptors (Lipinski definition) is 4. The van der Waals surface area contributed by atoms with E-state index in [-0.39, 0.29) is 12.3 Å². The van der Waals surface area contributed by atoms with Gasteiger partial charge in [-0.25, -0.2) is 18.7 Å². The van der Waals surface area contributed by atoms with Gasteiger partial charge in [-0.2, -0.15) is 5.10 Å². The lowest BCUT2D eigenvalue weighted by Gasteiger charge is -2.08.